The molecule has 1 N–H and O–H groups in total. The van der Waals surface area contributed by atoms with Crippen molar-refractivity contribution in [1.29, 1.82) is 0 Å². The summed E-state index contributed by atoms with van der Waals surface area (Å²) in [5, 5.41) is 3.07. The minimum absolute atomic E-state index is 0.0243. The molecule has 1 heterocycles. The molecule has 1 aromatic rings. The summed E-state index contributed by atoms with van der Waals surface area (Å²) in [5.74, 6) is -1.81. The molecule has 1 fully saturated rings. The van der Waals surface area contributed by atoms with Crippen molar-refractivity contribution in [2.45, 2.75) is 25.3 Å². The SMILES string of the molecule is CNC[C@H]1CCCN1C(=O)Cc1ccc(F)c(F)c1. The highest BCUT2D eigenvalue weighted by Gasteiger charge is 2.27. The summed E-state index contributed by atoms with van der Waals surface area (Å²) in [6.45, 7) is 1.51. The van der Waals surface area contributed by atoms with E-state index >= 15 is 0 Å². The summed E-state index contributed by atoms with van der Waals surface area (Å²) < 4.78 is 25.9. The van der Waals surface area contributed by atoms with Crippen LogP contribution in [0.5, 0.6) is 0 Å². The number of hydrogen-bond donors (Lipinski definition) is 1. The van der Waals surface area contributed by atoms with Gasteiger partial charge in [0.15, 0.2) is 11.6 Å². The molecule has 1 aromatic carbocycles. The number of carbonyl (C=O) groups is 1. The van der Waals surface area contributed by atoms with Crippen molar-refractivity contribution in [3.63, 3.8) is 0 Å². The first-order chi connectivity index (χ1) is 9.11. The molecule has 2 rings (SSSR count). The largest absolute Gasteiger partial charge is 0.338 e. The van der Waals surface area contributed by atoms with Crippen LogP contribution < -0.4 is 5.32 Å². The molecule has 1 aliphatic heterocycles. The van der Waals surface area contributed by atoms with Gasteiger partial charge < -0.3 is 10.2 Å². The number of carbonyl (C=O) groups excluding carboxylic acids is 1. The number of hydrogen-bond acceptors (Lipinski definition) is 2. The quantitative estimate of drug-likeness (QED) is 0.901. The maximum Gasteiger partial charge on any atom is 0.227 e. The second kappa shape index (κ2) is 6.10. The van der Waals surface area contributed by atoms with E-state index in [1.807, 2.05) is 11.9 Å². The van der Waals surface area contributed by atoms with Crippen LogP contribution in [0.1, 0.15) is 18.4 Å². The number of rotatable bonds is 4. The fourth-order valence-electron chi connectivity index (χ4n) is 2.54. The van der Waals surface area contributed by atoms with E-state index in [0.29, 0.717) is 5.56 Å². The Labute approximate surface area is 111 Å². The smallest absolute Gasteiger partial charge is 0.227 e. The van der Waals surface area contributed by atoms with Crippen LogP contribution in [0.2, 0.25) is 0 Å². The molecule has 0 spiro atoms. The molecule has 0 radical (unpaired) electrons. The Hall–Kier alpha value is -1.49. The number of nitrogens with one attached hydrogen (secondary N) is 1. The Morgan fingerprint density at radius 2 is 2.21 bits per heavy atom. The zero-order chi connectivity index (χ0) is 13.8. The monoisotopic (exact) mass is 268 g/mol. The van der Waals surface area contributed by atoms with Gasteiger partial charge in [0.25, 0.3) is 0 Å². The van der Waals surface area contributed by atoms with Crippen LogP contribution in [0, 0.1) is 11.6 Å². The van der Waals surface area contributed by atoms with Crippen LogP contribution in [0.3, 0.4) is 0 Å². The normalized spacial score (nSPS) is 18.9. The molecular weight excluding hydrogens is 250 g/mol. The molecule has 3 nitrogen and oxygen atoms in total. The lowest BCUT2D eigenvalue weighted by Gasteiger charge is -2.24. The highest BCUT2D eigenvalue weighted by atomic mass is 19.2. The Kier molecular flexibility index (Phi) is 4.47. The van der Waals surface area contributed by atoms with Crippen molar-refractivity contribution in [2.75, 3.05) is 20.1 Å². The predicted octanol–water partition coefficient (Wildman–Crippen LogP) is 1.72. The van der Waals surface area contributed by atoms with Gasteiger partial charge in [-0.2, -0.15) is 0 Å². The van der Waals surface area contributed by atoms with Crippen LogP contribution in [0.15, 0.2) is 18.2 Å². The van der Waals surface area contributed by atoms with E-state index < -0.39 is 11.6 Å². The first-order valence-electron chi connectivity index (χ1n) is 6.50. The van der Waals surface area contributed by atoms with Crippen LogP contribution >= 0.6 is 0 Å². The van der Waals surface area contributed by atoms with Crippen molar-refractivity contribution in [2.24, 2.45) is 0 Å². The lowest BCUT2D eigenvalue weighted by molar-refractivity contribution is -0.131. The van der Waals surface area contributed by atoms with E-state index in [2.05, 4.69) is 5.32 Å². The van der Waals surface area contributed by atoms with Crippen molar-refractivity contribution < 1.29 is 13.6 Å². The zero-order valence-corrected chi connectivity index (χ0v) is 11.0. The number of likely N-dealkylation sites (N-methyl/N-ethyl adjacent to an activating group) is 1. The molecule has 1 saturated heterocycles. The number of halogens is 2. The maximum atomic E-state index is 13.1. The van der Waals surface area contributed by atoms with Crippen LogP contribution in [-0.2, 0) is 11.2 Å². The van der Waals surface area contributed by atoms with Crippen molar-refractivity contribution >= 4 is 5.91 Å². The molecule has 1 atom stereocenters. The molecule has 1 aliphatic rings. The second-order valence-electron chi connectivity index (χ2n) is 4.87. The molecule has 5 heteroatoms. The third-order valence-electron chi connectivity index (χ3n) is 3.48. The van der Waals surface area contributed by atoms with Gasteiger partial charge in [-0.1, -0.05) is 6.07 Å². The van der Waals surface area contributed by atoms with Gasteiger partial charge in [-0.25, -0.2) is 8.78 Å². The molecule has 0 aliphatic carbocycles. The average Bonchev–Trinajstić information content (AvgIpc) is 2.83. The van der Waals surface area contributed by atoms with E-state index in [1.54, 1.807) is 0 Å². The Morgan fingerprint density at radius 1 is 1.42 bits per heavy atom. The number of nitrogens with zero attached hydrogens (tertiary/aromatic N) is 1. The summed E-state index contributed by atoms with van der Waals surface area (Å²) in [6.07, 6.45) is 2.11. The molecular formula is C14H18F2N2O. The average molecular weight is 268 g/mol. The highest BCUT2D eigenvalue weighted by Crippen LogP contribution is 2.18. The first kappa shape index (κ1) is 13.9. The van der Waals surface area contributed by atoms with Gasteiger partial charge in [0.2, 0.25) is 5.91 Å². The van der Waals surface area contributed by atoms with E-state index in [0.717, 1.165) is 38.1 Å². The van der Waals surface area contributed by atoms with Crippen LogP contribution in [0.25, 0.3) is 0 Å². The lowest BCUT2D eigenvalue weighted by atomic mass is 10.1. The van der Waals surface area contributed by atoms with Crippen molar-refractivity contribution in [1.82, 2.24) is 10.2 Å². The number of likely N-dealkylation sites (tertiary alicyclic amines) is 1. The molecule has 0 bridgehead atoms. The fourth-order valence-corrected chi connectivity index (χ4v) is 2.54. The van der Waals surface area contributed by atoms with E-state index in [4.69, 9.17) is 0 Å². The summed E-state index contributed by atoms with van der Waals surface area (Å²) in [6, 6.07) is 3.82. The van der Waals surface area contributed by atoms with Gasteiger partial charge in [-0.15, -0.1) is 0 Å². The molecule has 1 amide bonds. The fraction of sp³-hybridized carbons (Fsp3) is 0.500. The number of amides is 1. The second-order valence-corrected chi connectivity index (χ2v) is 4.87. The molecule has 0 aromatic heterocycles. The molecule has 104 valence electrons. The zero-order valence-electron chi connectivity index (χ0n) is 11.0. The Balaban J connectivity index is 2.02. The van der Waals surface area contributed by atoms with Crippen LogP contribution in [0.4, 0.5) is 8.78 Å². The summed E-state index contributed by atoms with van der Waals surface area (Å²) in [5.41, 5.74) is 0.513. The van der Waals surface area contributed by atoms with Gasteiger partial charge in [0, 0.05) is 19.1 Å². The number of benzene rings is 1. The molecule has 0 saturated carbocycles. The summed E-state index contributed by atoms with van der Waals surface area (Å²) in [7, 11) is 1.86. The van der Waals surface area contributed by atoms with Gasteiger partial charge in [0.05, 0.1) is 6.42 Å². The topological polar surface area (TPSA) is 32.3 Å². The van der Waals surface area contributed by atoms with Crippen molar-refractivity contribution in [3.8, 4) is 0 Å². The highest BCUT2D eigenvalue weighted by molar-refractivity contribution is 5.79. The lowest BCUT2D eigenvalue weighted by Crippen LogP contribution is -2.41. The minimum atomic E-state index is -0.904. The minimum Gasteiger partial charge on any atom is -0.338 e. The van der Waals surface area contributed by atoms with Gasteiger partial charge in [-0.3, -0.25) is 4.79 Å². The predicted molar refractivity (Wildman–Crippen MR) is 68.7 cm³/mol. The molecule has 19 heavy (non-hydrogen) atoms. The standard InChI is InChI=1S/C14H18F2N2O/c1-17-9-11-3-2-6-18(11)14(19)8-10-4-5-12(15)13(16)7-10/h4-5,7,11,17H,2-3,6,8-9H2,1H3/t11-/m1/s1. The van der Waals surface area contributed by atoms with Crippen LogP contribution in [-0.4, -0.2) is 37.0 Å². The van der Waals surface area contributed by atoms with Gasteiger partial charge >= 0.3 is 0 Å². The third-order valence-corrected chi connectivity index (χ3v) is 3.48. The molecule has 0 unspecified atom stereocenters. The van der Waals surface area contributed by atoms with Gasteiger partial charge in [-0.05, 0) is 37.6 Å². The van der Waals surface area contributed by atoms with E-state index in [9.17, 15) is 13.6 Å². The van der Waals surface area contributed by atoms with E-state index in [1.165, 1.54) is 6.07 Å². The first-order valence-corrected chi connectivity index (χ1v) is 6.50. The maximum absolute atomic E-state index is 13.1. The third kappa shape index (κ3) is 3.29. The summed E-state index contributed by atoms with van der Waals surface area (Å²) >= 11 is 0. The van der Waals surface area contributed by atoms with E-state index in [-0.39, 0.29) is 18.4 Å². The van der Waals surface area contributed by atoms with Gasteiger partial charge in [0.1, 0.15) is 0 Å². The van der Waals surface area contributed by atoms with Crippen molar-refractivity contribution in [3.05, 3.63) is 35.4 Å². The summed E-state index contributed by atoms with van der Waals surface area (Å²) in [4.78, 5) is 14.0. The Bertz CT molecular complexity index is 465. The Morgan fingerprint density at radius 3 is 2.89 bits per heavy atom.